The van der Waals surface area contributed by atoms with Crippen LogP contribution in [0.2, 0.25) is 0 Å². The van der Waals surface area contributed by atoms with Crippen LogP contribution in [-0.4, -0.2) is 23.1 Å². The van der Waals surface area contributed by atoms with Gasteiger partial charge >= 0.3 is 0 Å². The number of benzene rings is 1. The highest BCUT2D eigenvalue weighted by molar-refractivity contribution is 6.64. The van der Waals surface area contributed by atoms with Crippen LogP contribution in [0, 0.1) is 0 Å². The Bertz CT molecular complexity index is 919. The highest BCUT2D eigenvalue weighted by atomic mass is 35.5. The van der Waals surface area contributed by atoms with Crippen molar-refractivity contribution in [2.75, 3.05) is 11.9 Å². The lowest BCUT2D eigenvalue weighted by molar-refractivity contribution is -0.115. The maximum absolute atomic E-state index is 12.1. The Morgan fingerprint density at radius 1 is 0.958 bits per heavy atom. The van der Waals surface area contributed by atoms with Gasteiger partial charge in [-0.1, -0.05) is 40.9 Å². The van der Waals surface area contributed by atoms with Gasteiger partial charge in [-0.05, 0) is 30.7 Å². The van der Waals surface area contributed by atoms with Gasteiger partial charge in [-0.3, -0.25) is 14.6 Å². The number of pyridine rings is 1. The van der Waals surface area contributed by atoms with Crippen molar-refractivity contribution in [3.8, 4) is 0 Å². The quantitative estimate of drug-likeness (QED) is 0.799. The second-order valence-electron chi connectivity index (χ2n) is 5.17. The van der Waals surface area contributed by atoms with E-state index in [1.807, 2.05) is 30.3 Å². The second-order valence-corrected chi connectivity index (χ2v) is 6.30. The first kappa shape index (κ1) is 17.0. The van der Waals surface area contributed by atoms with Crippen LogP contribution in [0.15, 0.2) is 57.2 Å². The molecular weight excluding hydrogens is 371 g/mol. The predicted octanol–water partition coefficient (Wildman–Crippen LogP) is 4.37. The summed E-state index contributed by atoms with van der Waals surface area (Å²) in [5.41, 5.74) is 1.95. The lowest BCUT2D eigenvalue weighted by Gasteiger charge is -2.15. The highest BCUT2D eigenvalue weighted by Crippen LogP contribution is 2.32. The fourth-order valence-electron chi connectivity index (χ4n) is 2.41. The molecular formula is C17H11Cl3N2O2. The number of fused-ring (bicyclic) bond motifs is 1. The third kappa shape index (κ3) is 3.18. The molecule has 0 spiro atoms. The normalized spacial score (nSPS) is 15.5. The number of carbonyl (C=O) groups excluding carboxylic acids is 2. The van der Waals surface area contributed by atoms with Crippen molar-refractivity contribution in [1.82, 2.24) is 4.98 Å². The largest absolute Gasteiger partial charge is 0.385 e. The van der Waals surface area contributed by atoms with E-state index in [0.717, 1.165) is 16.6 Å². The molecule has 1 aromatic heterocycles. The summed E-state index contributed by atoms with van der Waals surface area (Å²) in [5, 5.41) is 3.42. The summed E-state index contributed by atoms with van der Waals surface area (Å²) in [7, 11) is 0. The van der Waals surface area contributed by atoms with Crippen LogP contribution < -0.4 is 5.32 Å². The highest BCUT2D eigenvalue weighted by Gasteiger charge is 2.31. The molecule has 0 unspecified atom stereocenters. The van der Waals surface area contributed by atoms with E-state index in [2.05, 4.69) is 10.3 Å². The third-order valence-electron chi connectivity index (χ3n) is 3.64. The van der Waals surface area contributed by atoms with Crippen molar-refractivity contribution in [2.24, 2.45) is 0 Å². The molecule has 3 rings (SSSR count). The molecule has 0 saturated carbocycles. The van der Waals surface area contributed by atoms with Gasteiger partial charge in [0.15, 0.2) is 0 Å². The van der Waals surface area contributed by atoms with E-state index in [4.69, 9.17) is 34.8 Å². The van der Waals surface area contributed by atoms with Crippen LogP contribution >= 0.6 is 34.8 Å². The molecule has 1 heterocycles. The van der Waals surface area contributed by atoms with E-state index in [1.54, 1.807) is 6.20 Å². The van der Waals surface area contributed by atoms with E-state index in [9.17, 15) is 9.59 Å². The molecule has 0 amide bonds. The Hall–Kier alpha value is -1.88. The first-order valence-corrected chi connectivity index (χ1v) is 8.24. The van der Waals surface area contributed by atoms with Gasteiger partial charge in [0.1, 0.15) is 10.1 Å². The Kier molecular flexibility index (Phi) is 4.90. The summed E-state index contributed by atoms with van der Waals surface area (Å²) in [6.45, 7) is 0.415. The monoisotopic (exact) mass is 380 g/mol. The SMILES string of the molecule is O=C1C(Cl)=C(Cl)C(=O)C(CCNc2ccc3ncccc3c2)=C1Cl. The number of halogens is 3. The van der Waals surface area contributed by atoms with E-state index < -0.39 is 11.6 Å². The number of anilines is 1. The van der Waals surface area contributed by atoms with Crippen molar-refractivity contribution < 1.29 is 9.59 Å². The Balaban J connectivity index is 1.71. The zero-order valence-corrected chi connectivity index (χ0v) is 14.5. The molecule has 24 heavy (non-hydrogen) atoms. The van der Waals surface area contributed by atoms with Crippen LogP contribution in [0.25, 0.3) is 10.9 Å². The minimum atomic E-state index is -0.616. The molecule has 122 valence electrons. The van der Waals surface area contributed by atoms with Gasteiger partial charge in [0, 0.05) is 29.4 Å². The number of aromatic nitrogens is 1. The van der Waals surface area contributed by atoms with Crippen LogP contribution in [0.1, 0.15) is 6.42 Å². The molecule has 7 heteroatoms. The summed E-state index contributed by atoms with van der Waals surface area (Å²) in [4.78, 5) is 28.2. The lowest BCUT2D eigenvalue weighted by atomic mass is 10.00. The molecule has 1 N–H and O–H groups in total. The van der Waals surface area contributed by atoms with Gasteiger partial charge in [0.2, 0.25) is 11.6 Å². The molecule has 0 radical (unpaired) electrons. The molecule has 1 aliphatic carbocycles. The molecule has 0 bridgehead atoms. The van der Waals surface area contributed by atoms with Gasteiger partial charge in [-0.15, -0.1) is 0 Å². The van der Waals surface area contributed by atoms with E-state index in [0.29, 0.717) is 6.54 Å². The Labute approximate surface area is 153 Å². The molecule has 0 fully saturated rings. The van der Waals surface area contributed by atoms with Gasteiger partial charge < -0.3 is 5.32 Å². The number of nitrogens with zero attached hydrogens (tertiary/aromatic N) is 1. The van der Waals surface area contributed by atoms with Crippen molar-refractivity contribution in [3.63, 3.8) is 0 Å². The zero-order valence-electron chi connectivity index (χ0n) is 12.3. The average molecular weight is 382 g/mol. The number of hydrogen-bond donors (Lipinski definition) is 1. The van der Waals surface area contributed by atoms with Crippen LogP contribution in [-0.2, 0) is 9.59 Å². The Morgan fingerprint density at radius 3 is 2.50 bits per heavy atom. The minimum absolute atomic E-state index is 0.168. The first-order chi connectivity index (χ1) is 11.5. The van der Waals surface area contributed by atoms with Gasteiger partial charge in [-0.25, -0.2) is 0 Å². The number of nitrogens with one attached hydrogen (secondary N) is 1. The number of carbonyl (C=O) groups is 2. The fraction of sp³-hybridized carbons (Fsp3) is 0.118. The summed E-state index contributed by atoms with van der Waals surface area (Å²) in [6.07, 6.45) is 1.99. The number of allylic oxidation sites excluding steroid dienone is 3. The van der Waals surface area contributed by atoms with Crippen molar-refractivity contribution in [1.29, 1.82) is 0 Å². The predicted molar refractivity (Wildman–Crippen MR) is 96.5 cm³/mol. The minimum Gasteiger partial charge on any atom is -0.385 e. The van der Waals surface area contributed by atoms with Gasteiger partial charge in [0.25, 0.3) is 0 Å². The first-order valence-electron chi connectivity index (χ1n) is 7.11. The molecule has 0 aliphatic heterocycles. The standard InChI is InChI=1S/C17H11Cl3N2O2/c18-13-11(16(23)14(19)15(20)17(13)24)5-7-21-10-3-4-12-9(8-10)2-1-6-22-12/h1-4,6,8,21H,5,7H2. The molecule has 1 aliphatic rings. The van der Waals surface area contributed by atoms with Crippen LogP contribution in [0.5, 0.6) is 0 Å². The zero-order chi connectivity index (χ0) is 17.3. The molecule has 4 nitrogen and oxygen atoms in total. The van der Waals surface area contributed by atoms with Crippen LogP contribution in [0.3, 0.4) is 0 Å². The van der Waals surface area contributed by atoms with Gasteiger partial charge in [0.05, 0.1) is 10.5 Å². The third-order valence-corrected chi connectivity index (χ3v) is 4.85. The summed E-state index contributed by atoms with van der Waals surface area (Å²) >= 11 is 17.4. The van der Waals surface area contributed by atoms with E-state index in [1.165, 1.54) is 0 Å². The molecule has 0 atom stereocenters. The smallest absolute Gasteiger partial charge is 0.217 e. The number of Topliss-reactive ketones (excluding diaryl/α,β-unsaturated/α-hetero) is 2. The fourth-order valence-corrected chi connectivity index (χ4v) is 3.11. The summed E-state index contributed by atoms with van der Waals surface area (Å²) < 4.78 is 0. The van der Waals surface area contributed by atoms with Crippen LogP contribution in [0.4, 0.5) is 5.69 Å². The lowest BCUT2D eigenvalue weighted by Crippen LogP contribution is -2.19. The number of ketones is 2. The summed E-state index contributed by atoms with van der Waals surface area (Å²) in [5.74, 6) is -1.12. The summed E-state index contributed by atoms with van der Waals surface area (Å²) in [6, 6.07) is 9.57. The average Bonchev–Trinajstić information content (AvgIpc) is 2.61. The Morgan fingerprint density at radius 2 is 1.71 bits per heavy atom. The van der Waals surface area contributed by atoms with E-state index in [-0.39, 0.29) is 27.1 Å². The maximum Gasteiger partial charge on any atom is 0.217 e. The molecule has 1 aromatic carbocycles. The van der Waals surface area contributed by atoms with Crippen molar-refractivity contribution in [2.45, 2.75) is 6.42 Å². The van der Waals surface area contributed by atoms with Crippen molar-refractivity contribution >= 4 is 63.0 Å². The number of hydrogen-bond acceptors (Lipinski definition) is 4. The van der Waals surface area contributed by atoms with Gasteiger partial charge in [-0.2, -0.15) is 0 Å². The maximum atomic E-state index is 12.1. The number of rotatable bonds is 4. The second kappa shape index (κ2) is 6.93. The molecule has 2 aromatic rings. The van der Waals surface area contributed by atoms with E-state index >= 15 is 0 Å². The topological polar surface area (TPSA) is 59.1 Å². The van der Waals surface area contributed by atoms with Crippen molar-refractivity contribution in [3.05, 3.63) is 57.2 Å². The molecule has 0 saturated heterocycles.